The van der Waals surface area contributed by atoms with Crippen molar-refractivity contribution in [1.29, 1.82) is 0 Å². The summed E-state index contributed by atoms with van der Waals surface area (Å²) in [4.78, 5) is 17.6. The van der Waals surface area contributed by atoms with Gasteiger partial charge in [-0.05, 0) is 60.2 Å². The van der Waals surface area contributed by atoms with Gasteiger partial charge in [0.05, 0.1) is 6.54 Å². The van der Waals surface area contributed by atoms with Crippen molar-refractivity contribution in [3.05, 3.63) is 64.7 Å². The average Bonchev–Trinajstić information content (AvgIpc) is 2.96. The molecule has 0 N–H and O–H groups in total. The van der Waals surface area contributed by atoms with Crippen LogP contribution in [-0.4, -0.2) is 23.9 Å². The third kappa shape index (κ3) is 4.31. The minimum atomic E-state index is -0.246. The zero-order valence-corrected chi connectivity index (χ0v) is 20.9. The van der Waals surface area contributed by atoms with Gasteiger partial charge in [-0.3, -0.25) is 9.69 Å². The Bertz CT molecular complexity index is 929. The Kier molecular flexibility index (Phi) is 5.67. The standard InChI is InChI=1S/C23H31N2OP3/c1-22(2)11-17(12-22)24(3)13-15-9-18-19(20(10-15)23(27,28)29)14-25(21(18)26)16-7-5-4-6-8-16/h4-10,17H,11-14,27-29H2,1-3H3. The van der Waals surface area contributed by atoms with Gasteiger partial charge < -0.3 is 4.90 Å². The van der Waals surface area contributed by atoms with Crippen molar-refractivity contribution in [3.63, 3.8) is 0 Å². The number of benzene rings is 2. The summed E-state index contributed by atoms with van der Waals surface area (Å²) in [6.07, 6.45) is 2.48. The van der Waals surface area contributed by atoms with Crippen molar-refractivity contribution in [2.24, 2.45) is 5.41 Å². The van der Waals surface area contributed by atoms with Crippen molar-refractivity contribution in [2.75, 3.05) is 11.9 Å². The Morgan fingerprint density at radius 1 is 1.14 bits per heavy atom. The summed E-state index contributed by atoms with van der Waals surface area (Å²) in [7, 11) is 10.9. The van der Waals surface area contributed by atoms with Crippen LogP contribution in [0.15, 0.2) is 42.5 Å². The molecule has 2 aromatic rings. The fraction of sp³-hybridized carbons (Fsp3) is 0.435. The molecule has 2 aliphatic rings. The number of fused-ring (bicyclic) bond motifs is 1. The van der Waals surface area contributed by atoms with Gasteiger partial charge in [0.2, 0.25) is 0 Å². The summed E-state index contributed by atoms with van der Waals surface area (Å²) in [5.41, 5.74) is 5.81. The van der Waals surface area contributed by atoms with Crippen LogP contribution in [0.5, 0.6) is 0 Å². The molecule has 0 saturated heterocycles. The molecule has 3 nitrogen and oxygen atoms in total. The van der Waals surface area contributed by atoms with Crippen LogP contribution in [0.2, 0.25) is 0 Å². The van der Waals surface area contributed by atoms with E-state index in [1.54, 1.807) is 0 Å². The molecular weight excluding hydrogens is 413 g/mol. The van der Waals surface area contributed by atoms with Crippen LogP contribution >= 0.6 is 27.7 Å². The van der Waals surface area contributed by atoms with E-state index in [9.17, 15) is 4.79 Å². The smallest absolute Gasteiger partial charge is 0.258 e. The summed E-state index contributed by atoms with van der Waals surface area (Å²) >= 11 is 0. The van der Waals surface area contributed by atoms with Crippen molar-refractivity contribution in [3.8, 4) is 0 Å². The van der Waals surface area contributed by atoms with Gasteiger partial charge in [0.15, 0.2) is 0 Å². The second-order valence-corrected chi connectivity index (χ2v) is 14.3. The van der Waals surface area contributed by atoms with Gasteiger partial charge in [0.25, 0.3) is 5.91 Å². The first-order valence-corrected chi connectivity index (χ1v) is 11.9. The highest BCUT2D eigenvalue weighted by atomic mass is 31.1. The molecule has 1 aliphatic carbocycles. The number of amides is 1. The van der Waals surface area contributed by atoms with Gasteiger partial charge in [0, 0.05) is 28.5 Å². The van der Waals surface area contributed by atoms with E-state index in [0.717, 1.165) is 23.4 Å². The Morgan fingerprint density at radius 3 is 2.38 bits per heavy atom. The maximum atomic E-state index is 13.3. The largest absolute Gasteiger partial charge is 0.304 e. The first-order chi connectivity index (χ1) is 13.5. The van der Waals surface area contributed by atoms with E-state index in [-0.39, 0.29) is 10.5 Å². The van der Waals surface area contributed by atoms with Gasteiger partial charge >= 0.3 is 0 Å². The summed E-state index contributed by atoms with van der Waals surface area (Å²) in [5, 5.41) is 0. The Hall–Kier alpha value is -0.840. The minimum absolute atomic E-state index is 0.103. The van der Waals surface area contributed by atoms with E-state index < -0.39 is 0 Å². The molecule has 3 atom stereocenters. The van der Waals surface area contributed by atoms with Crippen molar-refractivity contribution >= 4 is 39.3 Å². The van der Waals surface area contributed by atoms with Crippen LogP contribution in [-0.2, 0) is 17.7 Å². The van der Waals surface area contributed by atoms with Crippen LogP contribution in [0.4, 0.5) is 5.69 Å². The van der Waals surface area contributed by atoms with Gasteiger partial charge in [-0.15, -0.1) is 27.7 Å². The lowest BCUT2D eigenvalue weighted by atomic mass is 9.68. The highest BCUT2D eigenvalue weighted by Crippen LogP contribution is 2.49. The van der Waals surface area contributed by atoms with E-state index in [0.29, 0.717) is 18.0 Å². The fourth-order valence-corrected chi connectivity index (χ4v) is 5.48. The predicted octanol–water partition coefficient (Wildman–Crippen LogP) is 5.20. The molecule has 0 spiro atoms. The number of hydrogen-bond acceptors (Lipinski definition) is 2. The fourth-order valence-electron chi connectivity index (χ4n) is 4.71. The van der Waals surface area contributed by atoms with E-state index in [4.69, 9.17) is 0 Å². The zero-order valence-electron chi connectivity index (χ0n) is 17.5. The van der Waals surface area contributed by atoms with Crippen LogP contribution in [0, 0.1) is 5.41 Å². The summed E-state index contributed by atoms with van der Waals surface area (Å²) < 4.78 is -0.246. The molecule has 1 amide bonds. The topological polar surface area (TPSA) is 23.6 Å². The molecule has 29 heavy (non-hydrogen) atoms. The molecule has 1 fully saturated rings. The lowest BCUT2D eigenvalue weighted by Crippen LogP contribution is -2.46. The predicted molar refractivity (Wildman–Crippen MR) is 132 cm³/mol. The lowest BCUT2D eigenvalue weighted by Gasteiger charge is -2.47. The van der Waals surface area contributed by atoms with E-state index in [2.05, 4.69) is 65.6 Å². The lowest BCUT2D eigenvalue weighted by molar-refractivity contribution is 0.0374. The normalized spacial score (nSPS) is 18.9. The molecule has 0 radical (unpaired) electrons. The first kappa shape index (κ1) is 21.4. The molecule has 1 heterocycles. The third-order valence-electron chi connectivity index (χ3n) is 6.27. The number of hydrogen-bond donors (Lipinski definition) is 0. The summed E-state index contributed by atoms with van der Waals surface area (Å²) in [6.45, 7) is 6.18. The van der Waals surface area contributed by atoms with Gasteiger partial charge in [-0.25, -0.2) is 0 Å². The number of nitrogens with zero attached hydrogens (tertiary/aromatic N) is 2. The molecule has 2 aromatic carbocycles. The van der Waals surface area contributed by atoms with Crippen LogP contribution in [0.25, 0.3) is 0 Å². The molecule has 4 rings (SSSR count). The van der Waals surface area contributed by atoms with E-state index in [1.165, 1.54) is 24.0 Å². The molecule has 1 saturated carbocycles. The quantitative estimate of drug-likeness (QED) is 0.592. The van der Waals surface area contributed by atoms with Crippen molar-refractivity contribution in [1.82, 2.24) is 4.90 Å². The maximum absolute atomic E-state index is 13.3. The number of rotatable bonds is 5. The molecule has 0 bridgehead atoms. The minimum Gasteiger partial charge on any atom is -0.304 e. The molecule has 1 aliphatic heterocycles. The number of carbonyl (C=O) groups is 1. The summed E-state index contributed by atoms with van der Waals surface area (Å²) in [6, 6.07) is 15.0. The third-order valence-corrected chi connectivity index (χ3v) is 7.20. The molecule has 6 heteroatoms. The average molecular weight is 444 g/mol. The second-order valence-electron chi connectivity index (χ2n) is 9.47. The molecule has 3 unspecified atom stereocenters. The van der Waals surface area contributed by atoms with Crippen LogP contribution in [0.1, 0.15) is 53.7 Å². The molecular formula is C23H31N2OP3. The molecule has 154 valence electrons. The monoisotopic (exact) mass is 444 g/mol. The Morgan fingerprint density at radius 2 is 1.79 bits per heavy atom. The second kappa shape index (κ2) is 7.69. The van der Waals surface area contributed by atoms with E-state index >= 15 is 0 Å². The number of carbonyl (C=O) groups excluding carboxylic acids is 1. The first-order valence-electron chi connectivity index (χ1n) is 10.2. The van der Waals surface area contributed by atoms with Crippen LogP contribution < -0.4 is 4.90 Å². The number of para-hydroxylation sites is 1. The highest BCUT2D eigenvalue weighted by molar-refractivity contribution is 7.56. The maximum Gasteiger partial charge on any atom is 0.258 e. The van der Waals surface area contributed by atoms with Crippen molar-refractivity contribution in [2.45, 2.75) is 50.5 Å². The van der Waals surface area contributed by atoms with Crippen molar-refractivity contribution < 1.29 is 4.79 Å². The highest BCUT2D eigenvalue weighted by Gasteiger charge is 2.39. The van der Waals surface area contributed by atoms with Crippen LogP contribution in [0.3, 0.4) is 0 Å². The Labute approximate surface area is 181 Å². The Balaban J connectivity index is 1.66. The van der Waals surface area contributed by atoms with E-state index in [1.807, 2.05) is 35.2 Å². The van der Waals surface area contributed by atoms with Gasteiger partial charge in [-0.2, -0.15) is 0 Å². The number of anilines is 1. The molecule has 0 aromatic heterocycles. The zero-order chi connectivity index (χ0) is 21.0. The summed E-state index contributed by atoms with van der Waals surface area (Å²) in [5.74, 6) is 0.103. The van der Waals surface area contributed by atoms with Gasteiger partial charge in [0.1, 0.15) is 0 Å². The SMILES string of the molecule is CN(Cc1cc2c(c(C(P)(P)P)c1)CN(c1ccccc1)C2=O)C1CC(C)(C)C1. The van der Waals surface area contributed by atoms with Gasteiger partial charge in [-0.1, -0.05) is 38.1 Å².